The molecule has 1 amide bonds. The lowest BCUT2D eigenvalue weighted by atomic mass is 10.1. The maximum atomic E-state index is 11.3. The molecule has 1 atom stereocenters. The molecular weight excluding hydrogens is 248 g/mol. The van der Waals surface area contributed by atoms with Crippen LogP contribution in [0.1, 0.15) is 6.42 Å². The fraction of sp³-hybridized carbons (Fsp3) is 0.556. The molecule has 0 radical (unpaired) electrons. The number of amides is 1. The van der Waals surface area contributed by atoms with Crippen molar-refractivity contribution in [3.05, 3.63) is 10.6 Å². The summed E-state index contributed by atoms with van der Waals surface area (Å²) in [5.41, 5.74) is 5.55. The van der Waals surface area contributed by atoms with Crippen molar-refractivity contribution in [3.8, 4) is 0 Å². The van der Waals surface area contributed by atoms with Gasteiger partial charge >= 0.3 is 5.97 Å². The Hall–Kier alpha value is -0.660. The van der Waals surface area contributed by atoms with Crippen molar-refractivity contribution in [2.45, 2.75) is 11.8 Å². The number of β-lactam (4-membered cyclic amide) rings is 1. The second-order valence-corrected chi connectivity index (χ2v) is 5.84. The second kappa shape index (κ2) is 4.68. The Bertz CT molecular complexity index is 370. The molecule has 2 heterocycles. The summed E-state index contributed by atoms with van der Waals surface area (Å²) >= 11 is 3.09. The molecular formula is C9H12N2O3S2. The Labute approximate surface area is 101 Å². The molecule has 0 spiro atoms. The van der Waals surface area contributed by atoms with Gasteiger partial charge in [-0.15, -0.1) is 11.8 Å². The summed E-state index contributed by atoms with van der Waals surface area (Å²) in [7, 11) is 0. The van der Waals surface area contributed by atoms with Crippen LogP contribution in [0.4, 0.5) is 0 Å². The minimum atomic E-state index is -1.01. The van der Waals surface area contributed by atoms with E-state index in [1.807, 2.05) is 0 Å². The van der Waals surface area contributed by atoms with Gasteiger partial charge in [-0.3, -0.25) is 9.69 Å². The van der Waals surface area contributed by atoms with E-state index in [0.717, 1.165) is 10.7 Å². The number of nitrogens with zero attached hydrogens (tertiary/aromatic N) is 1. The predicted molar refractivity (Wildman–Crippen MR) is 63.9 cm³/mol. The monoisotopic (exact) mass is 260 g/mol. The molecule has 0 aromatic carbocycles. The molecule has 3 N–H and O–H groups in total. The average molecular weight is 260 g/mol. The molecule has 0 bridgehead atoms. The van der Waals surface area contributed by atoms with Crippen molar-refractivity contribution in [1.29, 1.82) is 0 Å². The topological polar surface area (TPSA) is 83.6 Å². The molecule has 5 nitrogen and oxygen atoms in total. The predicted octanol–water partition coefficient (Wildman–Crippen LogP) is 0.280. The SMILES string of the molecule is NCCSCC1=C(C(=O)O)N2C(=O)C[C@@H]2S1. The van der Waals surface area contributed by atoms with Crippen LogP contribution >= 0.6 is 23.5 Å². The smallest absolute Gasteiger partial charge is 0.353 e. The molecule has 0 aliphatic carbocycles. The van der Waals surface area contributed by atoms with Gasteiger partial charge in [0.2, 0.25) is 5.91 Å². The van der Waals surface area contributed by atoms with E-state index in [2.05, 4.69) is 0 Å². The van der Waals surface area contributed by atoms with Crippen LogP contribution in [0, 0.1) is 0 Å². The number of carboxylic acid groups (broad SMARTS) is 1. The van der Waals surface area contributed by atoms with Gasteiger partial charge in [-0.25, -0.2) is 4.79 Å². The Morgan fingerprint density at radius 3 is 3.00 bits per heavy atom. The molecule has 88 valence electrons. The van der Waals surface area contributed by atoms with E-state index in [0.29, 0.717) is 18.7 Å². The Morgan fingerprint density at radius 2 is 2.44 bits per heavy atom. The van der Waals surface area contributed by atoms with E-state index in [1.54, 1.807) is 11.8 Å². The third-order valence-electron chi connectivity index (χ3n) is 2.39. The minimum absolute atomic E-state index is 0.0204. The summed E-state index contributed by atoms with van der Waals surface area (Å²) in [6.45, 7) is 0.580. The molecule has 2 aliphatic heterocycles. The average Bonchev–Trinajstić information content (AvgIpc) is 2.52. The van der Waals surface area contributed by atoms with Crippen LogP contribution in [0.5, 0.6) is 0 Å². The molecule has 7 heteroatoms. The molecule has 0 unspecified atom stereocenters. The van der Waals surface area contributed by atoms with Crippen molar-refractivity contribution in [1.82, 2.24) is 4.90 Å². The zero-order valence-corrected chi connectivity index (χ0v) is 10.1. The van der Waals surface area contributed by atoms with Crippen LogP contribution in [0.2, 0.25) is 0 Å². The molecule has 1 saturated heterocycles. The van der Waals surface area contributed by atoms with Crippen LogP contribution in [0.3, 0.4) is 0 Å². The minimum Gasteiger partial charge on any atom is -0.477 e. The fourth-order valence-electron chi connectivity index (χ4n) is 1.68. The number of aliphatic carboxylic acids is 1. The lowest BCUT2D eigenvalue weighted by molar-refractivity contribution is -0.145. The molecule has 2 rings (SSSR count). The first-order valence-electron chi connectivity index (χ1n) is 4.88. The summed E-state index contributed by atoms with van der Waals surface area (Å²) in [5, 5.41) is 9.10. The zero-order valence-electron chi connectivity index (χ0n) is 8.51. The molecule has 0 aromatic rings. The van der Waals surface area contributed by atoms with E-state index in [4.69, 9.17) is 10.8 Å². The third kappa shape index (κ3) is 1.94. The van der Waals surface area contributed by atoms with Gasteiger partial charge in [-0.1, -0.05) is 0 Å². The van der Waals surface area contributed by atoms with Gasteiger partial charge < -0.3 is 10.8 Å². The van der Waals surface area contributed by atoms with Crippen molar-refractivity contribution in [2.24, 2.45) is 5.73 Å². The van der Waals surface area contributed by atoms with Gasteiger partial charge in [-0.05, 0) is 0 Å². The van der Waals surface area contributed by atoms with Crippen molar-refractivity contribution < 1.29 is 14.7 Å². The summed E-state index contributed by atoms with van der Waals surface area (Å²) in [4.78, 5) is 24.6. The summed E-state index contributed by atoms with van der Waals surface area (Å²) in [5.74, 6) is 0.333. The summed E-state index contributed by atoms with van der Waals surface area (Å²) in [6, 6.07) is 0. The van der Waals surface area contributed by atoms with Gasteiger partial charge in [-0.2, -0.15) is 11.8 Å². The maximum absolute atomic E-state index is 11.3. The van der Waals surface area contributed by atoms with E-state index in [9.17, 15) is 9.59 Å². The van der Waals surface area contributed by atoms with Crippen LogP contribution < -0.4 is 5.73 Å². The highest BCUT2D eigenvalue weighted by Gasteiger charge is 2.48. The number of carbonyl (C=O) groups excluding carboxylic acids is 1. The standard InChI is InChI=1S/C9H12N2O3S2/c10-1-2-15-4-5-8(9(13)14)11-6(12)3-7(11)16-5/h7H,1-4,10H2,(H,13,14)/t7-/m0/s1. The van der Waals surface area contributed by atoms with Gasteiger partial charge in [0.05, 0.1) is 11.8 Å². The second-order valence-electron chi connectivity index (χ2n) is 3.46. The van der Waals surface area contributed by atoms with E-state index in [-0.39, 0.29) is 17.0 Å². The van der Waals surface area contributed by atoms with Gasteiger partial charge in [0, 0.05) is 23.0 Å². The maximum Gasteiger partial charge on any atom is 0.353 e. The van der Waals surface area contributed by atoms with Crippen LogP contribution in [0.15, 0.2) is 10.6 Å². The van der Waals surface area contributed by atoms with Crippen molar-refractivity contribution in [2.75, 3.05) is 18.1 Å². The van der Waals surface area contributed by atoms with Gasteiger partial charge in [0.25, 0.3) is 0 Å². The first kappa shape index (κ1) is 11.8. The highest BCUT2D eigenvalue weighted by atomic mass is 32.2. The molecule has 0 aromatic heterocycles. The van der Waals surface area contributed by atoms with E-state index >= 15 is 0 Å². The van der Waals surface area contributed by atoms with Crippen molar-refractivity contribution in [3.63, 3.8) is 0 Å². The van der Waals surface area contributed by atoms with Crippen LogP contribution in [-0.4, -0.2) is 45.3 Å². The number of hydrogen-bond donors (Lipinski definition) is 2. The summed E-state index contributed by atoms with van der Waals surface area (Å²) in [6.07, 6.45) is 0.451. The van der Waals surface area contributed by atoms with Crippen LogP contribution in [-0.2, 0) is 9.59 Å². The Balaban J connectivity index is 2.09. The quantitative estimate of drug-likeness (QED) is 0.545. The number of carbonyl (C=O) groups is 2. The zero-order chi connectivity index (χ0) is 11.7. The first-order chi connectivity index (χ1) is 7.65. The highest BCUT2D eigenvalue weighted by molar-refractivity contribution is 8.06. The van der Waals surface area contributed by atoms with Crippen LogP contribution in [0.25, 0.3) is 0 Å². The molecule has 16 heavy (non-hydrogen) atoms. The Morgan fingerprint density at radius 1 is 1.69 bits per heavy atom. The third-order valence-corrected chi connectivity index (χ3v) is 4.86. The highest BCUT2D eigenvalue weighted by Crippen LogP contribution is 2.46. The number of carboxylic acids is 1. The normalized spacial score (nSPS) is 23.4. The van der Waals surface area contributed by atoms with Crippen molar-refractivity contribution >= 4 is 35.4 Å². The molecule has 2 aliphatic rings. The number of thioether (sulfide) groups is 2. The largest absolute Gasteiger partial charge is 0.477 e. The number of nitrogens with two attached hydrogens (primary N) is 1. The molecule has 1 fully saturated rings. The number of rotatable bonds is 5. The Kier molecular flexibility index (Phi) is 3.46. The number of fused-ring (bicyclic) bond motifs is 1. The van der Waals surface area contributed by atoms with Gasteiger partial charge in [0.1, 0.15) is 5.70 Å². The van der Waals surface area contributed by atoms with Gasteiger partial charge in [0.15, 0.2) is 0 Å². The van der Waals surface area contributed by atoms with E-state index < -0.39 is 5.97 Å². The summed E-state index contributed by atoms with van der Waals surface area (Å²) < 4.78 is 0. The number of hydrogen-bond acceptors (Lipinski definition) is 5. The van der Waals surface area contributed by atoms with E-state index in [1.165, 1.54) is 16.7 Å². The lowest BCUT2D eigenvalue weighted by Gasteiger charge is -2.33. The molecule has 0 saturated carbocycles. The first-order valence-corrected chi connectivity index (χ1v) is 6.91. The fourth-order valence-corrected chi connectivity index (χ4v) is 4.01. The lowest BCUT2D eigenvalue weighted by Crippen LogP contribution is -2.48.